The molecule has 144 valence electrons. The van der Waals surface area contributed by atoms with Crippen molar-refractivity contribution in [1.82, 2.24) is 9.71 Å². The number of benzene rings is 1. The van der Waals surface area contributed by atoms with Crippen LogP contribution >= 0.6 is 22.7 Å². The van der Waals surface area contributed by atoms with Crippen molar-refractivity contribution in [3.63, 3.8) is 0 Å². The Hall–Kier alpha value is -1.75. The first-order chi connectivity index (χ1) is 12.7. The molecule has 0 spiro atoms. The summed E-state index contributed by atoms with van der Waals surface area (Å²) < 4.78 is 66.3. The van der Waals surface area contributed by atoms with Crippen molar-refractivity contribution in [3.8, 4) is 9.88 Å². The summed E-state index contributed by atoms with van der Waals surface area (Å²) in [6.45, 7) is 1.54. The van der Waals surface area contributed by atoms with Gasteiger partial charge in [-0.2, -0.15) is 13.2 Å². The van der Waals surface area contributed by atoms with Gasteiger partial charge in [0, 0.05) is 11.9 Å². The highest BCUT2D eigenvalue weighted by molar-refractivity contribution is 7.91. The maximum absolute atomic E-state index is 13.0. The number of alkyl halides is 3. The first-order valence-electron chi connectivity index (χ1n) is 7.90. The summed E-state index contributed by atoms with van der Waals surface area (Å²) in [4.78, 5) is 5.12. The Labute approximate surface area is 162 Å². The number of hydrogen-bond acceptors (Lipinski definition) is 5. The van der Waals surface area contributed by atoms with Crippen molar-refractivity contribution in [3.05, 3.63) is 58.6 Å². The van der Waals surface area contributed by atoms with E-state index in [1.165, 1.54) is 35.6 Å². The number of nitrogens with zero attached hydrogens (tertiary/aromatic N) is 1. The number of nitrogens with one attached hydrogen (secondary N) is 1. The lowest BCUT2D eigenvalue weighted by Gasteiger charge is -2.13. The predicted octanol–water partition coefficient (Wildman–Crippen LogP) is 4.93. The first kappa shape index (κ1) is 20.0. The number of hydrogen-bond donors (Lipinski definition) is 1. The quantitative estimate of drug-likeness (QED) is 0.601. The van der Waals surface area contributed by atoms with Gasteiger partial charge in [-0.15, -0.1) is 22.7 Å². The van der Waals surface area contributed by atoms with E-state index in [0.717, 1.165) is 34.5 Å². The molecule has 0 aliphatic heterocycles. The van der Waals surface area contributed by atoms with Crippen LogP contribution in [0.25, 0.3) is 9.88 Å². The summed E-state index contributed by atoms with van der Waals surface area (Å²) in [7, 11) is -3.93. The molecule has 0 amide bonds. The largest absolute Gasteiger partial charge is 0.416 e. The lowest BCUT2D eigenvalue weighted by atomic mass is 10.1. The van der Waals surface area contributed by atoms with E-state index in [9.17, 15) is 21.6 Å². The molecule has 27 heavy (non-hydrogen) atoms. The monoisotopic (exact) mass is 432 g/mol. The minimum absolute atomic E-state index is 0.0373. The Bertz CT molecular complexity index is 1040. The third-order valence-corrected chi connectivity index (χ3v) is 7.79. The zero-order valence-electron chi connectivity index (χ0n) is 14.1. The molecule has 0 saturated heterocycles. The molecule has 3 rings (SSSR count). The highest BCUT2D eigenvalue weighted by Crippen LogP contribution is 2.34. The minimum atomic E-state index is -4.54. The summed E-state index contributed by atoms with van der Waals surface area (Å²) >= 11 is 2.46. The Balaban J connectivity index is 1.79. The van der Waals surface area contributed by atoms with Gasteiger partial charge in [-0.3, -0.25) is 0 Å². The normalized spacial score (nSPS) is 12.4. The summed E-state index contributed by atoms with van der Waals surface area (Å²) in [6.07, 6.45) is -3.76. The molecule has 2 aromatic heterocycles. The van der Waals surface area contributed by atoms with Crippen molar-refractivity contribution < 1.29 is 21.6 Å². The van der Waals surface area contributed by atoms with E-state index in [0.29, 0.717) is 4.88 Å². The van der Waals surface area contributed by atoms with Gasteiger partial charge < -0.3 is 0 Å². The highest BCUT2D eigenvalue weighted by Gasteiger charge is 2.33. The van der Waals surface area contributed by atoms with E-state index in [2.05, 4.69) is 9.71 Å². The van der Waals surface area contributed by atoms with E-state index in [1.54, 1.807) is 6.07 Å². The zero-order valence-corrected chi connectivity index (χ0v) is 16.5. The van der Waals surface area contributed by atoms with Crippen molar-refractivity contribution in [2.45, 2.75) is 30.3 Å². The van der Waals surface area contributed by atoms with E-state index in [-0.39, 0.29) is 9.77 Å². The standard InChI is InChI=1S/C17H15F3N2O2S3/c1-2-12-10-25-16(22-12)14-7-8-15(26-14)27(23,24)21-9-11-5-3-4-6-13(11)17(18,19)20/h3-8,10,21H,2,9H2,1H3. The first-order valence-corrected chi connectivity index (χ1v) is 11.1. The highest BCUT2D eigenvalue weighted by atomic mass is 32.2. The average molecular weight is 433 g/mol. The van der Waals surface area contributed by atoms with Gasteiger partial charge in [0.2, 0.25) is 10.0 Å². The molecular formula is C17H15F3N2O2S3. The molecule has 3 aromatic rings. The van der Waals surface area contributed by atoms with Crippen LogP contribution in [0.5, 0.6) is 0 Å². The van der Waals surface area contributed by atoms with Gasteiger partial charge in [-0.25, -0.2) is 18.1 Å². The number of halogens is 3. The molecule has 0 unspecified atom stereocenters. The summed E-state index contributed by atoms with van der Waals surface area (Å²) in [5.41, 5.74) is -0.0537. The van der Waals surface area contributed by atoms with Crippen LogP contribution in [0.1, 0.15) is 23.7 Å². The number of thiazole rings is 1. The smallest absolute Gasteiger partial charge is 0.240 e. The maximum Gasteiger partial charge on any atom is 0.416 e. The predicted molar refractivity (Wildman–Crippen MR) is 100 cm³/mol. The topological polar surface area (TPSA) is 59.1 Å². The molecule has 1 N–H and O–H groups in total. The summed E-state index contributed by atoms with van der Waals surface area (Å²) in [6, 6.07) is 7.99. The van der Waals surface area contributed by atoms with Gasteiger partial charge in [-0.05, 0) is 30.2 Å². The van der Waals surface area contributed by atoms with Crippen LogP contribution in [0.4, 0.5) is 13.2 Å². The molecule has 0 fully saturated rings. The van der Waals surface area contributed by atoms with Crippen LogP contribution in [0.3, 0.4) is 0 Å². The fourth-order valence-electron chi connectivity index (χ4n) is 2.36. The van der Waals surface area contributed by atoms with Gasteiger partial charge in [0.1, 0.15) is 9.22 Å². The lowest BCUT2D eigenvalue weighted by molar-refractivity contribution is -0.138. The molecule has 0 saturated carbocycles. The van der Waals surface area contributed by atoms with Crippen LogP contribution in [0, 0.1) is 0 Å². The van der Waals surface area contributed by atoms with E-state index < -0.39 is 28.3 Å². The fraction of sp³-hybridized carbons (Fsp3) is 0.235. The van der Waals surface area contributed by atoms with Crippen LogP contribution < -0.4 is 4.72 Å². The molecule has 10 heteroatoms. The number of aromatic nitrogens is 1. The second-order valence-electron chi connectivity index (χ2n) is 5.60. The zero-order chi connectivity index (χ0) is 19.7. The van der Waals surface area contributed by atoms with Crippen LogP contribution in [0.2, 0.25) is 0 Å². The van der Waals surface area contributed by atoms with Crippen molar-refractivity contribution in [2.75, 3.05) is 0 Å². The Morgan fingerprint density at radius 2 is 1.89 bits per heavy atom. The van der Waals surface area contributed by atoms with E-state index in [1.807, 2.05) is 12.3 Å². The molecule has 2 heterocycles. The maximum atomic E-state index is 13.0. The van der Waals surface area contributed by atoms with E-state index >= 15 is 0 Å². The van der Waals surface area contributed by atoms with Gasteiger partial charge in [0.05, 0.1) is 16.1 Å². The van der Waals surface area contributed by atoms with Gasteiger partial charge in [-0.1, -0.05) is 25.1 Å². The molecule has 0 aliphatic rings. The number of aryl methyl sites for hydroxylation is 1. The number of rotatable bonds is 6. The lowest BCUT2D eigenvalue weighted by Crippen LogP contribution is -2.24. The minimum Gasteiger partial charge on any atom is -0.240 e. The molecule has 1 aromatic carbocycles. The summed E-state index contributed by atoms with van der Waals surface area (Å²) in [5.74, 6) is 0. The van der Waals surface area contributed by atoms with Crippen molar-refractivity contribution >= 4 is 32.7 Å². The molecule has 0 radical (unpaired) electrons. The number of thiophene rings is 1. The van der Waals surface area contributed by atoms with Crippen LogP contribution in [-0.4, -0.2) is 13.4 Å². The molecule has 4 nitrogen and oxygen atoms in total. The molecule has 0 atom stereocenters. The summed E-state index contributed by atoms with van der Waals surface area (Å²) in [5, 5.41) is 2.64. The van der Waals surface area contributed by atoms with Crippen molar-refractivity contribution in [2.24, 2.45) is 0 Å². The average Bonchev–Trinajstić information content (AvgIpc) is 3.28. The van der Waals surface area contributed by atoms with Gasteiger partial charge >= 0.3 is 6.18 Å². The fourth-order valence-corrected chi connectivity index (χ4v) is 5.69. The molecular weight excluding hydrogens is 417 g/mol. The van der Waals surface area contributed by atoms with E-state index in [4.69, 9.17) is 0 Å². The third kappa shape index (κ3) is 4.57. The molecule has 0 aliphatic carbocycles. The van der Waals surface area contributed by atoms with Crippen LogP contribution in [-0.2, 0) is 29.2 Å². The Morgan fingerprint density at radius 1 is 1.15 bits per heavy atom. The van der Waals surface area contributed by atoms with Crippen molar-refractivity contribution in [1.29, 1.82) is 0 Å². The van der Waals surface area contributed by atoms with Gasteiger partial charge in [0.15, 0.2) is 0 Å². The Kier molecular flexibility index (Phi) is 5.71. The molecule has 0 bridgehead atoms. The van der Waals surface area contributed by atoms with Crippen LogP contribution in [0.15, 0.2) is 46.0 Å². The second-order valence-corrected chi connectivity index (χ2v) is 9.53. The number of sulfonamides is 1. The Morgan fingerprint density at radius 3 is 2.56 bits per heavy atom. The van der Waals surface area contributed by atoms with Gasteiger partial charge in [0.25, 0.3) is 0 Å². The SMILES string of the molecule is CCc1csc(-c2ccc(S(=O)(=O)NCc3ccccc3C(F)(F)F)s2)n1. The third-order valence-electron chi connectivity index (χ3n) is 3.75. The second kappa shape index (κ2) is 7.70.